The van der Waals surface area contributed by atoms with Crippen molar-refractivity contribution in [3.63, 3.8) is 0 Å². The monoisotopic (exact) mass is 306 g/mol. The van der Waals surface area contributed by atoms with Gasteiger partial charge < -0.3 is 11.1 Å². The van der Waals surface area contributed by atoms with Crippen molar-refractivity contribution in [2.75, 3.05) is 13.1 Å². The van der Waals surface area contributed by atoms with Crippen molar-refractivity contribution in [3.8, 4) is 0 Å². The molecule has 0 aromatic heterocycles. The Balaban J connectivity index is 2.84. The third kappa shape index (κ3) is 4.70. The highest BCUT2D eigenvalue weighted by molar-refractivity contribution is 5.94. The molecule has 0 saturated carbocycles. The maximum atomic E-state index is 13.8. The Morgan fingerprint density at radius 1 is 1.38 bits per heavy atom. The van der Waals surface area contributed by atoms with E-state index in [0.29, 0.717) is 19.0 Å². The summed E-state index contributed by atoms with van der Waals surface area (Å²) in [6.45, 7) is 2.62. The Bertz CT molecular complexity index is 488. The van der Waals surface area contributed by atoms with Crippen molar-refractivity contribution < 1.29 is 22.4 Å². The Hall–Kier alpha value is -1.63. The largest absolute Gasteiger partial charge is 0.419 e. The van der Waals surface area contributed by atoms with E-state index in [9.17, 15) is 22.4 Å². The summed E-state index contributed by atoms with van der Waals surface area (Å²) in [6.07, 6.45) is -3.38. The molecule has 0 aliphatic rings. The normalized spacial score (nSPS) is 13.0. The van der Waals surface area contributed by atoms with E-state index >= 15 is 0 Å². The van der Waals surface area contributed by atoms with E-state index in [1.165, 1.54) is 0 Å². The molecule has 1 aromatic rings. The lowest BCUT2D eigenvalue weighted by molar-refractivity contribution is -0.140. The molecule has 1 unspecified atom stereocenters. The summed E-state index contributed by atoms with van der Waals surface area (Å²) in [4.78, 5) is 11.8. The SMILES string of the molecule is CCC(CCN)CNC(=O)c1cccc(C(F)(F)F)c1F. The second-order valence-corrected chi connectivity index (χ2v) is 4.73. The van der Waals surface area contributed by atoms with E-state index in [1.54, 1.807) is 0 Å². The van der Waals surface area contributed by atoms with Crippen LogP contribution in [0.5, 0.6) is 0 Å². The second-order valence-electron chi connectivity index (χ2n) is 4.73. The van der Waals surface area contributed by atoms with Crippen LogP contribution in [0.15, 0.2) is 18.2 Å². The summed E-state index contributed by atoms with van der Waals surface area (Å²) in [6, 6.07) is 2.65. The van der Waals surface area contributed by atoms with Crippen LogP contribution in [0.4, 0.5) is 17.6 Å². The first-order valence-corrected chi connectivity index (χ1v) is 6.65. The minimum Gasteiger partial charge on any atom is -0.352 e. The fourth-order valence-corrected chi connectivity index (χ4v) is 1.94. The van der Waals surface area contributed by atoms with Gasteiger partial charge in [-0.25, -0.2) is 4.39 Å². The molecule has 7 heteroatoms. The molecule has 3 N–H and O–H groups in total. The van der Waals surface area contributed by atoms with Crippen LogP contribution in [-0.4, -0.2) is 19.0 Å². The lowest BCUT2D eigenvalue weighted by atomic mass is 10.0. The molecule has 0 radical (unpaired) electrons. The van der Waals surface area contributed by atoms with Crippen molar-refractivity contribution in [2.24, 2.45) is 11.7 Å². The number of hydrogen-bond acceptors (Lipinski definition) is 2. The molecule has 118 valence electrons. The first-order valence-electron chi connectivity index (χ1n) is 6.65. The van der Waals surface area contributed by atoms with Crippen LogP contribution < -0.4 is 11.1 Å². The summed E-state index contributed by atoms with van der Waals surface area (Å²) in [5.41, 5.74) is 3.37. The van der Waals surface area contributed by atoms with Crippen LogP contribution in [0, 0.1) is 11.7 Å². The zero-order valence-corrected chi connectivity index (χ0v) is 11.6. The van der Waals surface area contributed by atoms with Crippen LogP contribution in [0.1, 0.15) is 35.7 Å². The molecule has 0 aliphatic carbocycles. The fraction of sp³-hybridized carbons (Fsp3) is 0.500. The molecule has 1 atom stereocenters. The first kappa shape index (κ1) is 17.4. The van der Waals surface area contributed by atoms with Gasteiger partial charge in [0.15, 0.2) is 0 Å². The number of rotatable bonds is 6. The summed E-state index contributed by atoms with van der Waals surface area (Å²) in [5, 5.41) is 2.45. The highest BCUT2D eigenvalue weighted by Gasteiger charge is 2.35. The van der Waals surface area contributed by atoms with Crippen molar-refractivity contribution in [1.82, 2.24) is 5.32 Å². The van der Waals surface area contributed by atoms with Gasteiger partial charge in [-0.05, 0) is 31.0 Å². The summed E-state index contributed by atoms with van der Waals surface area (Å²) in [7, 11) is 0. The molecule has 0 fully saturated rings. The van der Waals surface area contributed by atoms with Crippen molar-refractivity contribution in [3.05, 3.63) is 35.1 Å². The number of amides is 1. The van der Waals surface area contributed by atoms with E-state index in [-0.39, 0.29) is 12.5 Å². The van der Waals surface area contributed by atoms with Crippen LogP contribution in [0.3, 0.4) is 0 Å². The third-order valence-corrected chi connectivity index (χ3v) is 3.25. The Kier molecular flexibility index (Phi) is 6.14. The smallest absolute Gasteiger partial charge is 0.352 e. The molecule has 0 aliphatic heterocycles. The van der Waals surface area contributed by atoms with Gasteiger partial charge in [0.05, 0.1) is 11.1 Å². The molecular formula is C14H18F4N2O. The molecule has 0 spiro atoms. The van der Waals surface area contributed by atoms with E-state index in [0.717, 1.165) is 18.6 Å². The van der Waals surface area contributed by atoms with Crippen LogP contribution in [0.25, 0.3) is 0 Å². The van der Waals surface area contributed by atoms with Crippen LogP contribution in [0.2, 0.25) is 0 Å². The standard InChI is InChI=1S/C14H18F4N2O/c1-2-9(6-7-19)8-20-13(21)10-4-3-5-11(12(10)15)14(16,17)18/h3-5,9H,2,6-8,19H2,1H3,(H,20,21). The predicted molar refractivity (Wildman–Crippen MR) is 71.2 cm³/mol. The van der Waals surface area contributed by atoms with Gasteiger partial charge in [-0.3, -0.25) is 4.79 Å². The summed E-state index contributed by atoms with van der Waals surface area (Å²) in [5.74, 6) is -2.28. The van der Waals surface area contributed by atoms with Gasteiger partial charge in [0.1, 0.15) is 5.82 Å². The first-order chi connectivity index (χ1) is 9.81. The second kappa shape index (κ2) is 7.40. The van der Waals surface area contributed by atoms with Crippen molar-refractivity contribution in [1.29, 1.82) is 0 Å². The molecule has 1 rings (SSSR count). The van der Waals surface area contributed by atoms with Gasteiger partial charge in [0, 0.05) is 6.54 Å². The number of carbonyl (C=O) groups is 1. The molecule has 1 amide bonds. The van der Waals surface area contributed by atoms with E-state index < -0.39 is 29.0 Å². The van der Waals surface area contributed by atoms with E-state index in [2.05, 4.69) is 5.32 Å². The molecule has 1 aromatic carbocycles. The van der Waals surface area contributed by atoms with Crippen molar-refractivity contribution >= 4 is 5.91 Å². The molecule has 0 saturated heterocycles. The number of nitrogens with two attached hydrogens (primary N) is 1. The minimum absolute atomic E-state index is 0.118. The number of hydrogen-bond donors (Lipinski definition) is 2. The lowest BCUT2D eigenvalue weighted by Crippen LogP contribution is -2.31. The van der Waals surface area contributed by atoms with Gasteiger partial charge in [-0.2, -0.15) is 13.2 Å². The Morgan fingerprint density at radius 3 is 2.57 bits per heavy atom. The van der Waals surface area contributed by atoms with Crippen LogP contribution >= 0.6 is 0 Å². The topological polar surface area (TPSA) is 55.1 Å². The molecule has 21 heavy (non-hydrogen) atoms. The maximum absolute atomic E-state index is 13.8. The molecular weight excluding hydrogens is 288 g/mol. The molecule has 0 bridgehead atoms. The molecule has 3 nitrogen and oxygen atoms in total. The highest BCUT2D eigenvalue weighted by atomic mass is 19.4. The number of halogens is 4. The number of benzene rings is 1. The lowest BCUT2D eigenvalue weighted by Gasteiger charge is -2.15. The van der Waals surface area contributed by atoms with E-state index in [1.807, 2.05) is 6.92 Å². The predicted octanol–water partition coefficient (Wildman–Crippen LogP) is 2.95. The molecule has 0 heterocycles. The van der Waals surface area contributed by atoms with E-state index in [4.69, 9.17) is 5.73 Å². The van der Waals surface area contributed by atoms with Gasteiger partial charge in [0.25, 0.3) is 5.91 Å². The fourth-order valence-electron chi connectivity index (χ4n) is 1.94. The minimum atomic E-state index is -4.83. The van der Waals surface area contributed by atoms with Crippen LogP contribution in [-0.2, 0) is 6.18 Å². The maximum Gasteiger partial charge on any atom is 0.419 e. The zero-order valence-electron chi connectivity index (χ0n) is 11.6. The Labute approximate surface area is 120 Å². The number of carbonyl (C=O) groups excluding carboxylic acids is 1. The summed E-state index contributed by atoms with van der Waals surface area (Å²) >= 11 is 0. The average Bonchev–Trinajstić information content (AvgIpc) is 2.42. The summed E-state index contributed by atoms with van der Waals surface area (Å²) < 4.78 is 51.5. The number of nitrogens with one attached hydrogen (secondary N) is 1. The van der Waals surface area contributed by atoms with Crippen molar-refractivity contribution in [2.45, 2.75) is 25.9 Å². The van der Waals surface area contributed by atoms with Gasteiger partial charge in [0.2, 0.25) is 0 Å². The average molecular weight is 306 g/mol. The Morgan fingerprint density at radius 2 is 2.05 bits per heavy atom. The third-order valence-electron chi connectivity index (χ3n) is 3.25. The van der Waals surface area contributed by atoms with Gasteiger partial charge in [-0.1, -0.05) is 19.4 Å². The quantitative estimate of drug-likeness (QED) is 0.794. The highest BCUT2D eigenvalue weighted by Crippen LogP contribution is 2.32. The van der Waals surface area contributed by atoms with Gasteiger partial charge >= 0.3 is 6.18 Å². The number of alkyl halides is 3. The van der Waals surface area contributed by atoms with Gasteiger partial charge in [-0.15, -0.1) is 0 Å². The zero-order chi connectivity index (χ0) is 16.0.